The van der Waals surface area contributed by atoms with E-state index in [1.807, 2.05) is 13.8 Å². The van der Waals surface area contributed by atoms with Gasteiger partial charge in [0.15, 0.2) is 23.3 Å². The molecule has 1 aromatic rings. The zero-order valence-electron chi connectivity index (χ0n) is 13.0. The van der Waals surface area contributed by atoms with Crippen LogP contribution in [0.2, 0.25) is 0 Å². The van der Waals surface area contributed by atoms with E-state index in [1.54, 1.807) is 11.9 Å². The predicted molar refractivity (Wildman–Crippen MR) is 80.3 cm³/mol. The molecule has 114 valence electrons. The SMILES string of the molecule is CCCNc1nc(N(C)C(C)CC(C)C)c(F)cc1F. The van der Waals surface area contributed by atoms with Gasteiger partial charge in [-0.1, -0.05) is 20.8 Å². The minimum Gasteiger partial charge on any atom is -0.368 e. The molecule has 0 aliphatic heterocycles. The molecule has 0 saturated carbocycles. The fourth-order valence-electron chi connectivity index (χ4n) is 2.12. The first-order chi connectivity index (χ1) is 9.36. The molecule has 0 aliphatic rings. The van der Waals surface area contributed by atoms with Crippen LogP contribution in [0.25, 0.3) is 0 Å². The van der Waals surface area contributed by atoms with Crippen LogP contribution in [-0.4, -0.2) is 24.6 Å². The Kier molecular flexibility index (Phi) is 6.17. The van der Waals surface area contributed by atoms with Crippen LogP contribution in [0.15, 0.2) is 6.07 Å². The van der Waals surface area contributed by atoms with Crippen molar-refractivity contribution < 1.29 is 8.78 Å². The Bertz CT molecular complexity index is 435. The van der Waals surface area contributed by atoms with Crippen LogP contribution in [0, 0.1) is 17.6 Å². The Hall–Kier alpha value is -1.39. The zero-order chi connectivity index (χ0) is 15.3. The van der Waals surface area contributed by atoms with Crippen LogP contribution in [0.5, 0.6) is 0 Å². The van der Waals surface area contributed by atoms with Gasteiger partial charge >= 0.3 is 0 Å². The van der Waals surface area contributed by atoms with E-state index in [1.165, 1.54) is 0 Å². The average Bonchev–Trinajstić information content (AvgIpc) is 2.36. The van der Waals surface area contributed by atoms with Crippen LogP contribution >= 0.6 is 0 Å². The van der Waals surface area contributed by atoms with Gasteiger partial charge in [-0.25, -0.2) is 13.8 Å². The van der Waals surface area contributed by atoms with Crippen LogP contribution in [-0.2, 0) is 0 Å². The van der Waals surface area contributed by atoms with Gasteiger partial charge in [-0.2, -0.15) is 0 Å². The first-order valence-corrected chi connectivity index (χ1v) is 7.19. The molecule has 0 aromatic carbocycles. The third-order valence-corrected chi connectivity index (χ3v) is 3.26. The highest BCUT2D eigenvalue weighted by Crippen LogP contribution is 2.24. The summed E-state index contributed by atoms with van der Waals surface area (Å²) < 4.78 is 27.6. The van der Waals surface area contributed by atoms with Gasteiger partial charge in [-0.05, 0) is 25.7 Å². The van der Waals surface area contributed by atoms with Gasteiger partial charge in [0.05, 0.1) is 0 Å². The molecule has 0 spiro atoms. The van der Waals surface area contributed by atoms with Gasteiger partial charge < -0.3 is 10.2 Å². The highest BCUT2D eigenvalue weighted by molar-refractivity contribution is 5.49. The summed E-state index contributed by atoms with van der Waals surface area (Å²) in [6.07, 6.45) is 1.78. The van der Waals surface area contributed by atoms with E-state index in [0.717, 1.165) is 18.9 Å². The van der Waals surface area contributed by atoms with Crippen LogP contribution in [0.1, 0.15) is 40.5 Å². The predicted octanol–water partition coefficient (Wildman–Crippen LogP) is 4.05. The number of rotatable bonds is 7. The molecule has 0 aliphatic carbocycles. The number of hydrogen-bond acceptors (Lipinski definition) is 3. The molecule has 1 rings (SSSR count). The first-order valence-electron chi connectivity index (χ1n) is 7.19. The second-order valence-corrected chi connectivity index (χ2v) is 5.64. The first kappa shape index (κ1) is 16.7. The smallest absolute Gasteiger partial charge is 0.168 e. The van der Waals surface area contributed by atoms with E-state index in [0.29, 0.717) is 12.5 Å². The van der Waals surface area contributed by atoms with Crippen molar-refractivity contribution in [1.82, 2.24) is 4.98 Å². The maximum absolute atomic E-state index is 13.9. The number of hydrogen-bond donors (Lipinski definition) is 1. The van der Waals surface area contributed by atoms with Gasteiger partial charge in [-0.3, -0.25) is 0 Å². The molecule has 0 bridgehead atoms. The highest BCUT2D eigenvalue weighted by atomic mass is 19.1. The van der Waals surface area contributed by atoms with E-state index in [9.17, 15) is 8.78 Å². The van der Waals surface area contributed by atoms with Gasteiger partial charge in [0, 0.05) is 25.7 Å². The van der Waals surface area contributed by atoms with Gasteiger partial charge in [0.2, 0.25) is 0 Å². The molecule has 1 N–H and O–H groups in total. The lowest BCUT2D eigenvalue weighted by atomic mass is 10.0. The fraction of sp³-hybridized carbons (Fsp3) is 0.667. The normalized spacial score (nSPS) is 12.6. The molecule has 3 nitrogen and oxygen atoms in total. The number of anilines is 2. The van der Waals surface area contributed by atoms with Crippen LogP contribution < -0.4 is 10.2 Å². The van der Waals surface area contributed by atoms with E-state index in [-0.39, 0.29) is 17.7 Å². The third kappa shape index (κ3) is 4.32. The Morgan fingerprint density at radius 2 is 1.90 bits per heavy atom. The van der Waals surface area contributed by atoms with E-state index in [2.05, 4.69) is 24.1 Å². The van der Waals surface area contributed by atoms with Crippen molar-refractivity contribution >= 4 is 11.6 Å². The van der Waals surface area contributed by atoms with E-state index >= 15 is 0 Å². The molecular weight excluding hydrogens is 260 g/mol. The van der Waals surface area contributed by atoms with Gasteiger partial charge in [0.25, 0.3) is 0 Å². The second kappa shape index (κ2) is 7.41. The number of halogens is 2. The lowest BCUT2D eigenvalue weighted by molar-refractivity contribution is 0.492. The lowest BCUT2D eigenvalue weighted by Gasteiger charge is -2.28. The third-order valence-electron chi connectivity index (χ3n) is 3.26. The molecule has 0 amide bonds. The monoisotopic (exact) mass is 285 g/mol. The minimum atomic E-state index is -0.649. The van der Waals surface area contributed by atoms with Crippen molar-refractivity contribution in [2.75, 3.05) is 23.8 Å². The van der Waals surface area contributed by atoms with Crippen molar-refractivity contribution in [3.05, 3.63) is 17.7 Å². The summed E-state index contributed by atoms with van der Waals surface area (Å²) >= 11 is 0. The Morgan fingerprint density at radius 3 is 2.45 bits per heavy atom. The maximum Gasteiger partial charge on any atom is 0.168 e. The largest absolute Gasteiger partial charge is 0.368 e. The summed E-state index contributed by atoms with van der Waals surface area (Å²) in [5.41, 5.74) is 0. The quantitative estimate of drug-likeness (QED) is 0.819. The molecule has 20 heavy (non-hydrogen) atoms. The minimum absolute atomic E-state index is 0.117. The summed E-state index contributed by atoms with van der Waals surface area (Å²) in [7, 11) is 1.79. The van der Waals surface area contributed by atoms with Crippen molar-refractivity contribution in [2.24, 2.45) is 5.92 Å². The second-order valence-electron chi connectivity index (χ2n) is 5.64. The topological polar surface area (TPSA) is 28.2 Å². The standard InChI is InChI=1S/C15H25F2N3/c1-6-7-18-14-12(16)9-13(17)15(19-14)20(5)11(4)8-10(2)3/h9-11H,6-8H2,1-5H3,(H,18,19). The lowest BCUT2D eigenvalue weighted by Crippen LogP contribution is -2.31. The number of nitrogens with one attached hydrogen (secondary N) is 1. The Labute approximate surface area is 120 Å². The molecule has 0 saturated heterocycles. The van der Waals surface area contributed by atoms with Crippen molar-refractivity contribution in [2.45, 2.75) is 46.6 Å². The summed E-state index contributed by atoms with van der Waals surface area (Å²) in [6, 6.07) is 1.04. The molecule has 1 heterocycles. The van der Waals surface area contributed by atoms with Crippen LogP contribution in [0.3, 0.4) is 0 Å². The summed E-state index contributed by atoms with van der Waals surface area (Å²) in [6.45, 7) is 8.84. The highest BCUT2D eigenvalue weighted by Gasteiger charge is 2.19. The number of pyridine rings is 1. The molecule has 0 fully saturated rings. The molecule has 1 atom stereocenters. The van der Waals surface area contributed by atoms with Crippen molar-refractivity contribution in [3.8, 4) is 0 Å². The van der Waals surface area contributed by atoms with Crippen molar-refractivity contribution in [3.63, 3.8) is 0 Å². The Morgan fingerprint density at radius 1 is 1.25 bits per heavy atom. The summed E-state index contributed by atoms with van der Waals surface area (Å²) in [5, 5.41) is 2.89. The summed E-state index contributed by atoms with van der Waals surface area (Å²) in [5.74, 6) is -0.453. The van der Waals surface area contributed by atoms with Gasteiger partial charge in [-0.15, -0.1) is 0 Å². The molecule has 5 heteroatoms. The molecular formula is C15H25F2N3. The number of aromatic nitrogens is 1. The average molecular weight is 285 g/mol. The fourth-order valence-corrected chi connectivity index (χ4v) is 2.12. The molecule has 1 unspecified atom stereocenters. The summed E-state index contributed by atoms with van der Waals surface area (Å²) in [4.78, 5) is 5.87. The number of nitrogens with zero attached hydrogens (tertiary/aromatic N) is 2. The zero-order valence-corrected chi connectivity index (χ0v) is 13.0. The molecule has 0 radical (unpaired) electrons. The van der Waals surface area contributed by atoms with Crippen molar-refractivity contribution in [1.29, 1.82) is 0 Å². The maximum atomic E-state index is 13.9. The van der Waals surface area contributed by atoms with E-state index < -0.39 is 11.6 Å². The Balaban J connectivity index is 2.98. The molecule has 1 aromatic heterocycles. The van der Waals surface area contributed by atoms with E-state index in [4.69, 9.17) is 0 Å². The van der Waals surface area contributed by atoms with Gasteiger partial charge in [0.1, 0.15) is 0 Å². The van der Waals surface area contributed by atoms with Crippen LogP contribution in [0.4, 0.5) is 20.4 Å².